The Bertz CT molecular complexity index is 427. The van der Waals surface area contributed by atoms with Gasteiger partial charge in [0.05, 0.1) is 12.2 Å². The van der Waals surface area contributed by atoms with Crippen LogP contribution < -0.4 is 16.5 Å². The van der Waals surface area contributed by atoms with E-state index in [1.165, 1.54) is 6.20 Å². The van der Waals surface area contributed by atoms with Gasteiger partial charge >= 0.3 is 0 Å². The molecule has 1 aromatic heterocycles. The number of nitrogens with one attached hydrogen (secondary N) is 2. The van der Waals surface area contributed by atoms with Crippen molar-refractivity contribution in [3.05, 3.63) is 11.9 Å². The fourth-order valence-corrected chi connectivity index (χ4v) is 1.24. The van der Waals surface area contributed by atoms with E-state index in [0.29, 0.717) is 0 Å². The van der Waals surface area contributed by atoms with Crippen molar-refractivity contribution in [2.24, 2.45) is 5.73 Å². The molecule has 1 aliphatic heterocycles. The van der Waals surface area contributed by atoms with Gasteiger partial charge in [0.15, 0.2) is 12.3 Å². The van der Waals surface area contributed by atoms with Crippen molar-refractivity contribution in [1.82, 2.24) is 25.8 Å². The molecule has 4 N–H and O–H groups in total. The summed E-state index contributed by atoms with van der Waals surface area (Å²) in [6.07, 6.45) is 1.52. The molecule has 1 aliphatic rings. The van der Waals surface area contributed by atoms with E-state index in [-0.39, 0.29) is 18.3 Å². The lowest BCUT2D eigenvalue weighted by Gasteiger charge is -2.26. The molecule has 0 bridgehead atoms. The fourth-order valence-electron chi connectivity index (χ4n) is 1.24. The summed E-state index contributed by atoms with van der Waals surface area (Å²) >= 11 is 0. The molecule has 1 saturated heterocycles. The average molecular weight is 240 g/mol. The summed E-state index contributed by atoms with van der Waals surface area (Å²) in [6.45, 7) is 1.23. The minimum absolute atomic E-state index is 0.126. The molecule has 0 unspecified atom stereocenters. The third-order valence-electron chi connectivity index (χ3n) is 2.26. The van der Waals surface area contributed by atoms with Crippen molar-refractivity contribution < 1.29 is 14.4 Å². The van der Waals surface area contributed by atoms with Crippen molar-refractivity contribution >= 4 is 11.8 Å². The zero-order valence-corrected chi connectivity index (χ0v) is 8.92. The summed E-state index contributed by atoms with van der Waals surface area (Å²) in [4.78, 5) is 26.4. The van der Waals surface area contributed by atoms with Crippen molar-refractivity contribution in [2.45, 2.75) is 6.04 Å². The molecular weight excluding hydrogens is 228 g/mol. The maximum absolute atomic E-state index is 11.4. The van der Waals surface area contributed by atoms with E-state index in [2.05, 4.69) is 20.5 Å². The Kier molecular flexibility index (Phi) is 3.30. The molecule has 2 heterocycles. The van der Waals surface area contributed by atoms with Gasteiger partial charge in [-0.05, 0) is 0 Å². The number of primary amides is 1. The van der Waals surface area contributed by atoms with Gasteiger partial charge in [-0.1, -0.05) is 5.21 Å². The predicted molar refractivity (Wildman–Crippen MR) is 54.5 cm³/mol. The summed E-state index contributed by atoms with van der Waals surface area (Å²) < 4.78 is 1.61. The monoisotopic (exact) mass is 240 g/mol. The highest BCUT2D eigenvalue weighted by Gasteiger charge is 2.21. The van der Waals surface area contributed by atoms with Gasteiger partial charge in [-0.15, -0.1) is 5.10 Å². The van der Waals surface area contributed by atoms with E-state index in [4.69, 9.17) is 5.73 Å². The Balaban J connectivity index is 1.86. The Hall–Kier alpha value is -2.00. The normalized spacial score (nSPS) is 15.3. The van der Waals surface area contributed by atoms with E-state index < -0.39 is 11.8 Å². The number of hydrogen-bond acceptors (Lipinski definition) is 6. The molecule has 0 saturated carbocycles. The van der Waals surface area contributed by atoms with Crippen LogP contribution in [-0.4, -0.2) is 46.5 Å². The number of amides is 2. The lowest BCUT2D eigenvalue weighted by Crippen LogP contribution is -2.43. The van der Waals surface area contributed by atoms with Gasteiger partial charge in [0.25, 0.3) is 5.91 Å². The lowest BCUT2D eigenvalue weighted by atomic mass is 10.2. The van der Waals surface area contributed by atoms with Crippen LogP contribution in [0, 0.1) is 0 Å². The zero-order valence-electron chi connectivity index (χ0n) is 8.92. The smallest absolute Gasteiger partial charge is 0.297 e. The van der Waals surface area contributed by atoms with Crippen LogP contribution in [-0.2, 0) is 9.63 Å². The van der Waals surface area contributed by atoms with Gasteiger partial charge in [-0.25, -0.2) is 10.2 Å². The van der Waals surface area contributed by atoms with Crippen LogP contribution in [0.2, 0.25) is 0 Å². The second-order valence-electron chi connectivity index (χ2n) is 3.58. The number of carbonyl (C=O) groups excluding carboxylic acids is 2. The first-order valence-electron chi connectivity index (χ1n) is 5.00. The summed E-state index contributed by atoms with van der Waals surface area (Å²) in [5, 5.41) is 10.6. The molecule has 1 fully saturated rings. The van der Waals surface area contributed by atoms with Crippen LogP contribution in [0.4, 0.5) is 0 Å². The van der Waals surface area contributed by atoms with Gasteiger partial charge in [0.2, 0.25) is 5.91 Å². The minimum Gasteiger partial charge on any atom is -0.368 e. The fraction of sp³-hybridized carbons (Fsp3) is 0.500. The molecule has 2 amide bonds. The number of hydrogen-bond donors (Lipinski definition) is 3. The van der Waals surface area contributed by atoms with Gasteiger partial charge in [0, 0.05) is 13.1 Å². The van der Waals surface area contributed by atoms with Crippen molar-refractivity contribution in [3.8, 4) is 0 Å². The van der Waals surface area contributed by atoms with Gasteiger partial charge in [-0.3, -0.25) is 14.4 Å². The summed E-state index contributed by atoms with van der Waals surface area (Å²) in [5.74, 6) is -1.24. The third kappa shape index (κ3) is 2.77. The number of aromatic nitrogens is 3. The molecule has 0 radical (unpaired) electrons. The molecule has 9 nitrogen and oxygen atoms in total. The van der Waals surface area contributed by atoms with E-state index in [1.807, 2.05) is 5.48 Å². The number of carbonyl (C=O) groups is 2. The van der Waals surface area contributed by atoms with E-state index in [1.54, 1.807) is 4.68 Å². The molecular formula is C8H12N6O3. The maximum Gasteiger partial charge on any atom is 0.297 e. The van der Waals surface area contributed by atoms with E-state index in [0.717, 1.165) is 13.1 Å². The van der Waals surface area contributed by atoms with Crippen LogP contribution >= 0.6 is 0 Å². The van der Waals surface area contributed by atoms with Gasteiger partial charge in [0.1, 0.15) is 0 Å². The molecule has 0 aromatic carbocycles. The van der Waals surface area contributed by atoms with E-state index in [9.17, 15) is 9.59 Å². The molecule has 9 heteroatoms. The Morgan fingerprint density at radius 3 is 3.00 bits per heavy atom. The summed E-state index contributed by atoms with van der Waals surface area (Å²) in [5.41, 5.74) is 7.01. The topological polar surface area (TPSA) is 124 Å². The predicted octanol–water partition coefficient (Wildman–Crippen LogP) is -2.43. The largest absolute Gasteiger partial charge is 0.368 e. The zero-order chi connectivity index (χ0) is 12.3. The summed E-state index contributed by atoms with van der Waals surface area (Å²) in [6, 6.07) is 0.232. The third-order valence-corrected chi connectivity index (χ3v) is 2.26. The Labute approximate surface area is 96.2 Å². The molecule has 92 valence electrons. The molecule has 0 spiro atoms. The van der Waals surface area contributed by atoms with E-state index >= 15 is 0 Å². The summed E-state index contributed by atoms with van der Waals surface area (Å²) in [7, 11) is 0. The first kappa shape index (κ1) is 11.5. The second kappa shape index (κ2) is 4.89. The number of nitrogens with two attached hydrogens (primary N) is 1. The van der Waals surface area contributed by atoms with Crippen LogP contribution in [0.25, 0.3) is 0 Å². The first-order chi connectivity index (χ1) is 8.16. The highest BCUT2D eigenvalue weighted by atomic mass is 16.7. The maximum atomic E-state index is 11.4. The van der Waals surface area contributed by atoms with Gasteiger partial charge < -0.3 is 11.1 Å². The SMILES string of the molecule is NC(=O)CONC(=O)c1cn(C2CNC2)nn1. The van der Waals surface area contributed by atoms with Crippen LogP contribution in [0.5, 0.6) is 0 Å². The second-order valence-corrected chi connectivity index (χ2v) is 3.58. The van der Waals surface area contributed by atoms with Crippen LogP contribution in [0.15, 0.2) is 6.20 Å². The van der Waals surface area contributed by atoms with Crippen LogP contribution in [0.1, 0.15) is 16.5 Å². The number of rotatable bonds is 5. The minimum atomic E-state index is -0.672. The highest BCUT2D eigenvalue weighted by Crippen LogP contribution is 2.09. The van der Waals surface area contributed by atoms with Crippen molar-refractivity contribution in [3.63, 3.8) is 0 Å². The lowest BCUT2D eigenvalue weighted by molar-refractivity contribution is -0.124. The number of nitrogens with zero attached hydrogens (tertiary/aromatic N) is 3. The molecule has 1 aromatic rings. The average Bonchev–Trinajstić information content (AvgIpc) is 2.63. The quantitative estimate of drug-likeness (QED) is 0.491. The molecule has 0 aliphatic carbocycles. The molecule has 0 atom stereocenters. The molecule has 2 rings (SSSR count). The van der Waals surface area contributed by atoms with Gasteiger partial charge in [-0.2, -0.15) is 0 Å². The highest BCUT2D eigenvalue weighted by molar-refractivity contribution is 5.91. The molecule has 17 heavy (non-hydrogen) atoms. The Morgan fingerprint density at radius 1 is 1.65 bits per heavy atom. The van der Waals surface area contributed by atoms with Crippen LogP contribution in [0.3, 0.4) is 0 Å². The Morgan fingerprint density at radius 2 is 2.41 bits per heavy atom. The standard InChI is InChI=1S/C8H12N6O3/c9-7(15)4-17-12-8(16)6-3-14(13-11-6)5-1-10-2-5/h3,5,10H,1-2,4H2,(H2,9,15)(H,12,16). The first-order valence-corrected chi connectivity index (χ1v) is 5.00. The van der Waals surface area contributed by atoms with Crippen molar-refractivity contribution in [1.29, 1.82) is 0 Å². The number of hydroxylamine groups is 1. The van der Waals surface area contributed by atoms with Crippen molar-refractivity contribution in [2.75, 3.05) is 19.7 Å².